The van der Waals surface area contributed by atoms with Gasteiger partial charge in [0.05, 0.1) is 25.2 Å². The maximum Gasteiger partial charge on any atom is 0.183 e. The van der Waals surface area contributed by atoms with Gasteiger partial charge in [0, 0.05) is 5.56 Å². The van der Waals surface area contributed by atoms with Gasteiger partial charge in [-0.25, -0.2) is 0 Å². The summed E-state index contributed by atoms with van der Waals surface area (Å²) in [6.45, 7) is 0.541. The Labute approximate surface area is 106 Å². The van der Waals surface area contributed by atoms with Gasteiger partial charge in [-0.2, -0.15) is 0 Å². The number of carbonyl (C=O) groups is 1. The maximum atomic E-state index is 10.3. The van der Waals surface area contributed by atoms with Crippen LogP contribution in [0.2, 0.25) is 0 Å². The van der Waals surface area contributed by atoms with E-state index < -0.39 is 11.7 Å². The van der Waals surface area contributed by atoms with Gasteiger partial charge in [-0.05, 0) is 6.08 Å². The summed E-state index contributed by atoms with van der Waals surface area (Å²) in [7, 11) is 0. The van der Waals surface area contributed by atoms with Crippen molar-refractivity contribution in [3.63, 3.8) is 0 Å². The molecule has 1 fully saturated rings. The van der Waals surface area contributed by atoms with Gasteiger partial charge in [-0.1, -0.05) is 36.4 Å². The molecule has 4 heteroatoms. The second-order valence-electron chi connectivity index (χ2n) is 4.38. The van der Waals surface area contributed by atoms with E-state index in [1.807, 2.05) is 30.3 Å². The first-order valence-corrected chi connectivity index (χ1v) is 5.82. The highest BCUT2D eigenvalue weighted by Crippen LogP contribution is 2.32. The van der Waals surface area contributed by atoms with Crippen LogP contribution in [0.25, 0.3) is 0 Å². The normalized spacial score (nSPS) is 28.4. The molecule has 0 saturated carbocycles. The predicted octanol–water partition coefficient (Wildman–Crippen LogP) is 1.47. The molecule has 0 amide bonds. The lowest BCUT2D eigenvalue weighted by atomic mass is 9.90. The first-order valence-electron chi connectivity index (χ1n) is 5.82. The van der Waals surface area contributed by atoms with Crippen LogP contribution >= 0.6 is 0 Å². The van der Waals surface area contributed by atoms with Gasteiger partial charge in [0.15, 0.2) is 6.29 Å². The van der Waals surface area contributed by atoms with E-state index in [2.05, 4.69) is 0 Å². The average Bonchev–Trinajstić information content (AvgIpc) is 2.47. The second-order valence-corrected chi connectivity index (χ2v) is 4.38. The number of carbonyl (C=O) groups excluding carboxylic acids is 1. The van der Waals surface area contributed by atoms with Crippen LogP contribution < -0.4 is 0 Å². The molecule has 0 bridgehead atoms. The zero-order chi connectivity index (χ0) is 12.8. The molecule has 1 aromatic rings. The molecular weight excluding hydrogens is 232 g/mol. The number of aliphatic hydroxyl groups is 1. The Bertz CT molecular complexity index is 405. The molecule has 1 saturated heterocycles. The molecule has 0 aliphatic carbocycles. The highest BCUT2D eigenvalue weighted by molar-refractivity contribution is 5.64. The first kappa shape index (κ1) is 13.0. The molecule has 1 N–H and O–H groups in total. The van der Waals surface area contributed by atoms with Crippen molar-refractivity contribution in [2.24, 2.45) is 5.41 Å². The summed E-state index contributed by atoms with van der Waals surface area (Å²) in [4.78, 5) is 10.3. The Morgan fingerprint density at radius 3 is 2.50 bits per heavy atom. The SMILES string of the molecule is O=C/C=C/C1(CO)COC(c2ccccc2)OC1. The van der Waals surface area contributed by atoms with Crippen molar-refractivity contribution in [2.75, 3.05) is 19.8 Å². The van der Waals surface area contributed by atoms with Gasteiger partial charge >= 0.3 is 0 Å². The van der Waals surface area contributed by atoms with Crippen LogP contribution in [0.5, 0.6) is 0 Å². The van der Waals surface area contributed by atoms with Crippen LogP contribution in [0, 0.1) is 5.41 Å². The monoisotopic (exact) mass is 248 g/mol. The van der Waals surface area contributed by atoms with Gasteiger partial charge in [0.2, 0.25) is 0 Å². The highest BCUT2D eigenvalue weighted by atomic mass is 16.7. The predicted molar refractivity (Wildman–Crippen MR) is 65.8 cm³/mol. The third-order valence-corrected chi connectivity index (χ3v) is 2.96. The molecule has 96 valence electrons. The highest BCUT2D eigenvalue weighted by Gasteiger charge is 2.34. The molecule has 18 heavy (non-hydrogen) atoms. The van der Waals surface area contributed by atoms with E-state index in [9.17, 15) is 9.90 Å². The summed E-state index contributed by atoms with van der Waals surface area (Å²) >= 11 is 0. The van der Waals surface area contributed by atoms with Gasteiger partial charge in [-0.3, -0.25) is 4.79 Å². The van der Waals surface area contributed by atoms with Gasteiger partial charge in [0.25, 0.3) is 0 Å². The summed E-state index contributed by atoms with van der Waals surface area (Å²) in [5.74, 6) is 0. The Balaban J connectivity index is 2.02. The van der Waals surface area contributed by atoms with Crippen molar-refractivity contribution in [3.8, 4) is 0 Å². The number of allylic oxidation sites excluding steroid dienone is 1. The summed E-state index contributed by atoms with van der Waals surface area (Å²) in [6, 6.07) is 9.62. The fourth-order valence-corrected chi connectivity index (χ4v) is 1.86. The number of hydrogen-bond donors (Lipinski definition) is 1. The quantitative estimate of drug-likeness (QED) is 0.647. The minimum Gasteiger partial charge on any atom is -0.395 e. The van der Waals surface area contributed by atoms with Crippen molar-refractivity contribution in [3.05, 3.63) is 48.0 Å². The molecule has 1 aliphatic heterocycles. The first-order chi connectivity index (χ1) is 8.79. The average molecular weight is 248 g/mol. The van der Waals surface area contributed by atoms with Crippen LogP contribution in [-0.2, 0) is 14.3 Å². The molecule has 0 spiro atoms. The number of rotatable bonds is 4. The molecular formula is C14H16O4. The van der Waals surface area contributed by atoms with Gasteiger partial charge in [-0.15, -0.1) is 0 Å². The molecule has 1 heterocycles. The lowest BCUT2D eigenvalue weighted by Gasteiger charge is -2.36. The zero-order valence-electron chi connectivity index (χ0n) is 9.99. The minimum atomic E-state index is -0.619. The van der Waals surface area contributed by atoms with E-state index in [4.69, 9.17) is 9.47 Å². The zero-order valence-corrected chi connectivity index (χ0v) is 9.99. The third kappa shape index (κ3) is 2.85. The van der Waals surface area contributed by atoms with E-state index in [1.165, 1.54) is 6.08 Å². The molecule has 1 aromatic carbocycles. The van der Waals surface area contributed by atoms with Crippen LogP contribution in [0.1, 0.15) is 11.9 Å². The van der Waals surface area contributed by atoms with Gasteiger partial charge < -0.3 is 14.6 Å². The second kappa shape index (κ2) is 5.91. The Morgan fingerprint density at radius 1 is 1.28 bits per heavy atom. The van der Waals surface area contributed by atoms with E-state index in [0.29, 0.717) is 19.5 Å². The largest absolute Gasteiger partial charge is 0.395 e. The summed E-state index contributed by atoms with van der Waals surface area (Å²) in [6.07, 6.45) is 3.28. The van der Waals surface area contributed by atoms with Crippen molar-refractivity contribution >= 4 is 6.29 Å². The standard InChI is InChI=1S/C14H16O4/c15-8-4-7-14(9-16)10-17-13(18-11-14)12-5-2-1-3-6-12/h1-8,13,16H,9-11H2/b7-4+. The van der Waals surface area contributed by atoms with E-state index in [-0.39, 0.29) is 6.61 Å². The topological polar surface area (TPSA) is 55.8 Å². The molecule has 1 aliphatic rings. The molecule has 2 rings (SSSR count). The molecule has 0 radical (unpaired) electrons. The van der Waals surface area contributed by atoms with Crippen LogP contribution in [0.4, 0.5) is 0 Å². The maximum absolute atomic E-state index is 10.3. The number of ether oxygens (including phenoxy) is 2. The number of benzene rings is 1. The number of hydrogen-bond acceptors (Lipinski definition) is 4. The van der Waals surface area contributed by atoms with E-state index >= 15 is 0 Å². The fraction of sp³-hybridized carbons (Fsp3) is 0.357. The van der Waals surface area contributed by atoms with Crippen LogP contribution in [0.15, 0.2) is 42.5 Å². The number of aliphatic hydroxyl groups excluding tert-OH is 1. The Kier molecular flexibility index (Phi) is 4.25. The van der Waals surface area contributed by atoms with Crippen molar-refractivity contribution < 1.29 is 19.4 Å². The van der Waals surface area contributed by atoms with Crippen LogP contribution in [0.3, 0.4) is 0 Å². The lowest BCUT2D eigenvalue weighted by Crippen LogP contribution is -2.40. The smallest absolute Gasteiger partial charge is 0.183 e. The fourth-order valence-electron chi connectivity index (χ4n) is 1.86. The van der Waals surface area contributed by atoms with Crippen molar-refractivity contribution in [1.29, 1.82) is 0 Å². The summed E-state index contributed by atoms with van der Waals surface area (Å²) < 4.78 is 11.2. The minimum absolute atomic E-state index is 0.112. The van der Waals surface area contributed by atoms with E-state index in [1.54, 1.807) is 6.08 Å². The van der Waals surface area contributed by atoms with Crippen molar-refractivity contribution in [2.45, 2.75) is 6.29 Å². The van der Waals surface area contributed by atoms with Crippen LogP contribution in [-0.4, -0.2) is 31.2 Å². The Hall–Kier alpha value is -1.49. The number of aldehydes is 1. The third-order valence-electron chi connectivity index (χ3n) is 2.96. The summed E-state index contributed by atoms with van der Waals surface area (Å²) in [5.41, 5.74) is 0.329. The van der Waals surface area contributed by atoms with E-state index in [0.717, 1.165) is 5.56 Å². The summed E-state index contributed by atoms with van der Waals surface area (Å²) in [5, 5.41) is 9.40. The molecule has 0 aromatic heterocycles. The molecule has 0 unspecified atom stereocenters. The molecule has 4 nitrogen and oxygen atoms in total. The molecule has 0 atom stereocenters. The Morgan fingerprint density at radius 2 is 1.94 bits per heavy atom. The van der Waals surface area contributed by atoms with Gasteiger partial charge in [0.1, 0.15) is 6.29 Å². The lowest BCUT2D eigenvalue weighted by molar-refractivity contribution is -0.229. The van der Waals surface area contributed by atoms with Crippen molar-refractivity contribution in [1.82, 2.24) is 0 Å².